The average molecular weight is 1660 g/mol. The van der Waals surface area contributed by atoms with Crippen LogP contribution >= 0.6 is 47.8 Å². The lowest BCUT2D eigenvalue weighted by Gasteiger charge is -2.40. The van der Waals surface area contributed by atoms with Gasteiger partial charge in [-0.25, -0.2) is 26.3 Å². The zero-order valence-corrected chi connectivity index (χ0v) is 58.4. The van der Waals surface area contributed by atoms with Gasteiger partial charge in [0.1, 0.15) is 93.1 Å². The van der Waals surface area contributed by atoms with Crippen molar-refractivity contribution in [1.29, 1.82) is 0 Å². The molecule has 0 aromatic heterocycles. The monoisotopic (exact) mass is 1660 g/mol. The van der Waals surface area contributed by atoms with Crippen molar-refractivity contribution in [2.24, 2.45) is 0 Å². The van der Waals surface area contributed by atoms with Crippen LogP contribution in [-0.2, 0) is 114 Å². The molecule has 0 aromatic carbocycles. The molecule has 36 nitrogen and oxygen atoms in total. The summed E-state index contributed by atoms with van der Waals surface area (Å²) in [5, 5.41) is 103. The second kappa shape index (κ2) is 44.9. The minimum Gasteiger partial charge on any atom is -0.463 e. The first kappa shape index (κ1) is 92.5. The number of ether oxygens (including phenoxy) is 15. The van der Waals surface area contributed by atoms with E-state index in [0.29, 0.717) is 0 Å². The fourth-order valence-corrected chi connectivity index (χ4v) is 10.7. The predicted octanol–water partition coefficient (Wildman–Crippen LogP) is -4.12. The van der Waals surface area contributed by atoms with Gasteiger partial charge in [0, 0.05) is 62.3 Å². The lowest BCUT2D eigenvalue weighted by Crippen LogP contribution is -2.58. The number of aliphatic hydroxyl groups is 12. The van der Waals surface area contributed by atoms with Crippen LogP contribution in [0.1, 0.15) is 62.3 Å². The molecule has 6 heterocycles. The second-order valence-corrected chi connectivity index (χ2v) is 24.0. The number of carbonyl (C=O) groups excluding carboxylic acids is 9. The van der Waals surface area contributed by atoms with Gasteiger partial charge in [-0.15, -0.1) is 0 Å². The summed E-state index contributed by atoms with van der Waals surface area (Å²) in [4.78, 5) is 98.8. The van der Waals surface area contributed by atoms with Gasteiger partial charge in [0.2, 0.25) is 0 Å². The molecule has 0 bridgehead atoms. The van der Waals surface area contributed by atoms with Crippen molar-refractivity contribution >= 4 is 102 Å². The molecule has 0 aromatic rings. The van der Waals surface area contributed by atoms with Crippen LogP contribution in [-0.4, -0.2) is 335 Å². The van der Waals surface area contributed by atoms with Crippen LogP contribution < -0.4 is 0 Å². The largest absolute Gasteiger partial charge is 0.463 e. The minimum atomic E-state index is -1.99. The fraction of sp³-hybridized carbons (Fsp3) is 0.833. The maximum absolute atomic E-state index is 14.5. The van der Waals surface area contributed by atoms with E-state index >= 15 is 0 Å². The number of rotatable bonds is 15. The third kappa shape index (κ3) is 30.4. The molecule has 6 fully saturated rings. The molecule has 576 valence electrons. The molecule has 0 saturated carbocycles. The lowest BCUT2D eigenvalue weighted by molar-refractivity contribution is -0.275. The van der Waals surface area contributed by atoms with Gasteiger partial charge < -0.3 is 132 Å². The molecule has 30 unspecified atom stereocenters. The molecule has 12 N–H and O–H groups in total. The summed E-state index contributed by atoms with van der Waals surface area (Å²) in [7, 11) is 0. The number of alkyl halides is 9. The molecular weight excluding hydrogens is 1580 g/mol. The van der Waals surface area contributed by atoms with Crippen molar-refractivity contribution in [2.45, 2.75) is 243 Å². The first-order valence-electron chi connectivity index (χ1n) is 29.0. The Hall–Kier alpha value is -4.47. The minimum absolute atomic E-state index is 0.289. The Morgan fingerprint density at radius 2 is 0.545 bits per heavy atom. The molecule has 30 atom stereocenters. The van der Waals surface area contributed by atoms with E-state index in [-0.39, 0.29) is 19.8 Å². The van der Waals surface area contributed by atoms with Crippen LogP contribution in [0.2, 0.25) is 0 Å². The van der Waals surface area contributed by atoms with E-state index in [2.05, 4.69) is 62.0 Å². The van der Waals surface area contributed by atoms with Gasteiger partial charge in [0.05, 0.1) is 19.8 Å². The van der Waals surface area contributed by atoms with E-state index in [4.69, 9.17) is 118 Å². The van der Waals surface area contributed by atoms with E-state index in [0.717, 1.165) is 41.5 Å². The number of halogens is 9. The quantitative estimate of drug-likeness (QED) is 0.0321. The van der Waals surface area contributed by atoms with Gasteiger partial charge in [-0.1, -0.05) is 47.8 Å². The number of aliphatic hydroxyl groups excluding tert-OH is 12. The number of hydrogen-bond acceptors (Lipinski definition) is 36. The number of hydrogen-bond donors (Lipinski definition) is 12. The maximum atomic E-state index is 14.5. The van der Waals surface area contributed by atoms with E-state index in [1.807, 2.05) is 0 Å². The molecule has 0 amide bonds. The molecular formula is C54H81Br3F6O36. The fourth-order valence-electron chi connectivity index (χ4n) is 8.66. The molecule has 6 aliphatic heterocycles. The van der Waals surface area contributed by atoms with Crippen molar-refractivity contribution < 1.29 is 202 Å². The van der Waals surface area contributed by atoms with Gasteiger partial charge in [0.15, 0.2) is 108 Å². The highest BCUT2D eigenvalue weighted by Gasteiger charge is 2.53. The van der Waals surface area contributed by atoms with Crippen LogP contribution in [0.3, 0.4) is 0 Å². The summed E-state index contributed by atoms with van der Waals surface area (Å²) >= 11 is 9.23. The topological polar surface area (TPSA) is 535 Å². The normalized spacial score (nSPS) is 38.4. The third-order valence-corrected chi connectivity index (χ3v) is 15.5. The van der Waals surface area contributed by atoms with Crippen LogP contribution in [0.15, 0.2) is 0 Å². The standard InChI is InChI=1S/3C12H16BrFO7.3C6H11FO5/c1-5(15)18-4-8-10(19-6(2)16)9(14)11(12(13)21-8)20-7(3)17;2*1-5(15)18-4-8-9(14)10(19-6(2)16)11(12(13)21-8)20-7(3)17;7-3-4(9)2(1-8)12-6(11)5(3)10;2*7-3-2(1-8)12-6(11)5(10)4(3)9/h3*8-12H,4H2,1-3H3;3*2-6,8-11H,1H2. The number of carbonyl (C=O) groups is 9. The van der Waals surface area contributed by atoms with Crippen LogP contribution in [0.5, 0.6) is 0 Å². The average Bonchev–Trinajstić information content (AvgIpc) is 0.818. The van der Waals surface area contributed by atoms with E-state index < -0.39 is 254 Å². The van der Waals surface area contributed by atoms with Gasteiger partial charge in [-0.05, 0) is 0 Å². The van der Waals surface area contributed by atoms with Crippen LogP contribution in [0.4, 0.5) is 26.3 Å². The summed E-state index contributed by atoms with van der Waals surface area (Å²) in [5.41, 5.74) is 0. The first-order chi connectivity index (χ1) is 45.9. The smallest absolute Gasteiger partial charge is 0.303 e. The zero-order chi connectivity index (χ0) is 76.4. The summed E-state index contributed by atoms with van der Waals surface area (Å²) < 4.78 is 155. The molecule has 6 saturated heterocycles. The summed E-state index contributed by atoms with van der Waals surface area (Å²) in [6.07, 6.45) is -41.0. The molecule has 6 rings (SSSR count). The van der Waals surface area contributed by atoms with E-state index in [1.54, 1.807) is 0 Å². The van der Waals surface area contributed by atoms with Crippen molar-refractivity contribution in [3.8, 4) is 0 Å². The van der Waals surface area contributed by atoms with Crippen molar-refractivity contribution in [3.63, 3.8) is 0 Å². The van der Waals surface area contributed by atoms with E-state index in [9.17, 15) is 69.5 Å². The summed E-state index contributed by atoms with van der Waals surface area (Å²) in [5.74, 6) is -5.99. The third-order valence-electron chi connectivity index (χ3n) is 13.3. The highest BCUT2D eigenvalue weighted by molar-refractivity contribution is 9.09. The SMILES string of the molecule is CC(=O)OCC1OC(Br)C(OC(C)=O)C(F)C1OC(C)=O.CC(=O)OCC1OC(Br)C(OC(C)=O)C(OC(C)=O)C1F.CC(=O)OCC1OC(Br)C(OC(C)=O)C(OC(C)=O)C1F.OCC1OC(O)C(O)C(F)C1O.OCC1OC(O)C(O)C(O)C1F.OCC1OC(O)C(O)C(O)C1F. The molecule has 99 heavy (non-hydrogen) atoms. The zero-order valence-electron chi connectivity index (χ0n) is 53.6. The Balaban J connectivity index is 0.000000605. The Morgan fingerprint density at radius 1 is 0.283 bits per heavy atom. The maximum Gasteiger partial charge on any atom is 0.303 e. The van der Waals surface area contributed by atoms with Gasteiger partial charge in [-0.2, -0.15) is 0 Å². The Labute approximate surface area is 583 Å². The second-order valence-electron chi connectivity index (χ2n) is 21.3. The molecule has 6 aliphatic rings. The number of esters is 9. The molecule has 0 radical (unpaired) electrons. The Kier molecular flexibility index (Phi) is 42.0. The highest BCUT2D eigenvalue weighted by Crippen LogP contribution is 2.35. The van der Waals surface area contributed by atoms with Gasteiger partial charge >= 0.3 is 53.7 Å². The summed E-state index contributed by atoms with van der Waals surface area (Å²) in [6, 6.07) is 0. The van der Waals surface area contributed by atoms with Crippen LogP contribution in [0.25, 0.3) is 0 Å². The van der Waals surface area contributed by atoms with Gasteiger partial charge in [-0.3, -0.25) is 43.2 Å². The molecule has 0 aliphatic carbocycles. The molecule has 0 spiro atoms. The summed E-state index contributed by atoms with van der Waals surface area (Å²) in [6.45, 7) is 7.38. The van der Waals surface area contributed by atoms with Crippen molar-refractivity contribution in [1.82, 2.24) is 0 Å². The van der Waals surface area contributed by atoms with Crippen molar-refractivity contribution in [2.75, 3.05) is 39.6 Å². The predicted molar refractivity (Wildman–Crippen MR) is 315 cm³/mol. The Bertz CT molecular complexity index is 2360. The molecule has 45 heteroatoms. The van der Waals surface area contributed by atoms with Crippen molar-refractivity contribution in [3.05, 3.63) is 0 Å². The van der Waals surface area contributed by atoms with Crippen LogP contribution in [0, 0.1) is 0 Å². The lowest BCUT2D eigenvalue weighted by atomic mass is 10.0. The highest BCUT2D eigenvalue weighted by atomic mass is 79.9. The first-order valence-corrected chi connectivity index (χ1v) is 31.7. The Morgan fingerprint density at radius 3 is 0.859 bits per heavy atom. The van der Waals surface area contributed by atoms with Gasteiger partial charge in [0.25, 0.3) is 0 Å². The van der Waals surface area contributed by atoms with E-state index in [1.165, 1.54) is 20.8 Å².